The summed E-state index contributed by atoms with van der Waals surface area (Å²) in [6.45, 7) is 4.67. The van der Waals surface area contributed by atoms with Gasteiger partial charge in [0, 0.05) is 6.26 Å². The Bertz CT molecular complexity index is 1440. The Kier molecular flexibility index (Phi) is 8.63. The zero-order valence-electron chi connectivity index (χ0n) is 20.1. The molecule has 2 aromatic carbocycles. The van der Waals surface area contributed by atoms with Gasteiger partial charge in [0.15, 0.2) is 11.5 Å². The maximum atomic E-state index is 12.5. The van der Waals surface area contributed by atoms with Crippen molar-refractivity contribution in [2.45, 2.75) is 18.2 Å². The molecule has 12 heteroatoms. The molecule has 3 aromatic rings. The number of hydrogen-bond donors (Lipinski definition) is 1. The smallest absolute Gasteiger partial charge is 0.268 e. The number of rotatable bonds is 10. The minimum absolute atomic E-state index is 0.0362. The molecule has 0 unspecified atom stereocenters. The normalized spacial score (nSPS) is 11.5. The largest absolute Gasteiger partial charge is 0.493 e. The molecule has 188 valence electrons. The van der Waals surface area contributed by atoms with Crippen LogP contribution >= 0.6 is 11.3 Å². The molecular formula is C24H24N4O6S2. The van der Waals surface area contributed by atoms with Gasteiger partial charge in [0.1, 0.15) is 30.6 Å². The number of methoxy groups -OCH3 is 1. The molecule has 36 heavy (non-hydrogen) atoms. The number of amides is 1. The van der Waals surface area contributed by atoms with Gasteiger partial charge >= 0.3 is 0 Å². The highest BCUT2D eigenvalue weighted by molar-refractivity contribution is 7.92. The summed E-state index contributed by atoms with van der Waals surface area (Å²) in [5.74, 6) is 0.895. The lowest BCUT2D eigenvalue weighted by atomic mass is 10.1. The molecule has 0 aliphatic carbocycles. The molecule has 1 aromatic heterocycles. The van der Waals surface area contributed by atoms with Crippen LogP contribution in [0.25, 0.3) is 6.08 Å². The second kappa shape index (κ2) is 11.7. The van der Waals surface area contributed by atoms with E-state index >= 15 is 0 Å². The topological polar surface area (TPSA) is 140 Å². The fraction of sp³-hybridized carbons (Fsp3) is 0.250. The molecule has 1 heterocycles. The molecule has 0 radical (unpaired) electrons. The van der Waals surface area contributed by atoms with E-state index < -0.39 is 15.7 Å². The summed E-state index contributed by atoms with van der Waals surface area (Å²) in [5, 5.41) is 18.9. The molecule has 3 rings (SSSR count). The summed E-state index contributed by atoms with van der Waals surface area (Å²) < 4.78 is 39.7. The Morgan fingerprint density at radius 3 is 2.47 bits per heavy atom. The van der Waals surface area contributed by atoms with Crippen molar-refractivity contribution < 1.29 is 27.4 Å². The van der Waals surface area contributed by atoms with Crippen LogP contribution in [-0.4, -0.2) is 51.1 Å². The van der Waals surface area contributed by atoms with Crippen molar-refractivity contribution in [1.29, 1.82) is 5.26 Å². The number of carbonyl (C=O) groups excluding carboxylic acids is 1. The molecule has 0 saturated carbocycles. The maximum absolute atomic E-state index is 12.5. The summed E-state index contributed by atoms with van der Waals surface area (Å²) in [4.78, 5) is 12.5. The summed E-state index contributed by atoms with van der Waals surface area (Å²) in [6, 6.07) is 12.6. The van der Waals surface area contributed by atoms with Crippen molar-refractivity contribution in [1.82, 2.24) is 10.2 Å². The van der Waals surface area contributed by atoms with Crippen LogP contribution in [0, 0.1) is 25.2 Å². The standard InChI is InChI=1S/C24H24N4O6S2/c1-15-5-7-19(11-16(15)2)33-9-10-34-20-8-6-17(13-21(20)32-3)12-18(14-25)22(29)26-23-27-28-24(35-23)36(4,30)31/h5-8,11-13H,9-10H2,1-4H3,(H,26,27,29)/b18-12-. The minimum atomic E-state index is -3.55. The third-order valence-corrected chi connectivity index (χ3v) is 7.40. The first-order chi connectivity index (χ1) is 17.1. The minimum Gasteiger partial charge on any atom is -0.493 e. The zero-order chi connectivity index (χ0) is 26.3. The fourth-order valence-corrected chi connectivity index (χ4v) is 4.40. The lowest BCUT2D eigenvalue weighted by molar-refractivity contribution is -0.112. The predicted octanol–water partition coefficient (Wildman–Crippen LogP) is 3.57. The van der Waals surface area contributed by atoms with Gasteiger partial charge in [-0.15, -0.1) is 10.2 Å². The van der Waals surface area contributed by atoms with Crippen LogP contribution in [0.15, 0.2) is 46.3 Å². The Hall–Kier alpha value is -3.95. The van der Waals surface area contributed by atoms with Gasteiger partial charge in [0.2, 0.25) is 19.3 Å². The number of aryl methyl sites for hydroxylation is 2. The summed E-state index contributed by atoms with van der Waals surface area (Å²) in [7, 11) is -2.07. The Morgan fingerprint density at radius 1 is 1.08 bits per heavy atom. The average molecular weight is 529 g/mol. The SMILES string of the molecule is COc1cc(/C=C(/C#N)C(=O)Nc2nnc(S(C)(=O)=O)s2)ccc1OCCOc1ccc(C)c(C)c1. The van der Waals surface area contributed by atoms with Crippen molar-refractivity contribution in [2.75, 3.05) is 31.9 Å². The van der Waals surface area contributed by atoms with E-state index in [-0.39, 0.29) is 21.7 Å². The number of carbonyl (C=O) groups is 1. The van der Waals surface area contributed by atoms with Crippen molar-refractivity contribution in [3.8, 4) is 23.3 Å². The van der Waals surface area contributed by atoms with Crippen LogP contribution < -0.4 is 19.5 Å². The van der Waals surface area contributed by atoms with Crippen LogP contribution in [-0.2, 0) is 14.6 Å². The van der Waals surface area contributed by atoms with Gasteiger partial charge in [-0.2, -0.15) is 5.26 Å². The number of nitrogens with zero attached hydrogens (tertiary/aromatic N) is 3. The molecule has 0 bridgehead atoms. The van der Waals surface area contributed by atoms with Crippen molar-refractivity contribution >= 4 is 38.3 Å². The predicted molar refractivity (Wildman–Crippen MR) is 135 cm³/mol. The second-order valence-electron chi connectivity index (χ2n) is 7.62. The van der Waals surface area contributed by atoms with E-state index in [9.17, 15) is 18.5 Å². The molecule has 10 nitrogen and oxygen atoms in total. The van der Waals surface area contributed by atoms with Crippen LogP contribution in [0.1, 0.15) is 16.7 Å². The van der Waals surface area contributed by atoms with Crippen molar-refractivity contribution in [2.24, 2.45) is 0 Å². The monoisotopic (exact) mass is 528 g/mol. The first-order valence-corrected chi connectivity index (χ1v) is 13.3. The van der Waals surface area contributed by atoms with E-state index in [0.29, 0.717) is 35.0 Å². The molecule has 1 amide bonds. The summed E-state index contributed by atoms with van der Waals surface area (Å²) in [5.41, 5.74) is 2.64. The average Bonchev–Trinajstić information content (AvgIpc) is 3.32. The summed E-state index contributed by atoms with van der Waals surface area (Å²) >= 11 is 0.694. The zero-order valence-corrected chi connectivity index (χ0v) is 21.7. The second-order valence-corrected chi connectivity index (χ2v) is 10.8. The van der Waals surface area contributed by atoms with Gasteiger partial charge in [-0.1, -0.05) is 23.5 Å². The van der Waals surface area contributed by atoms with E-state index in [1.54, 1.807) is 18.2 Å². The van der Waals surface area contributed by atoms with Gasteiger partial charge in [0.25, 0.3) is 5.91 Å². The van der Waals surface area contributed by atoms with Crippen LogP contribution in [0.5, 0.6) is 17.2 Å². The fourth-order valence-electron chi connectivity index (χ4n) is 2.90. The molecule has 0 aliphatic heterocycles. The molecule has 0 fully saturated rings. The number of hydrogen-bond acceptors (Lipinski definition) is 10. The van der Waals surface area contributed by atoms with E-state index in [1.165, 1.54) is 18.7 Å². The first-order valence-electron chi connectivity index (χ1n) is 10.6. The van der Waals surface area contributed by atoms with Crippen LogP contribution in [0.3, 0.4) is 0 Å². The molecular weight excluding hydrogens is 504 g/mol. The number of anilines is 1. The number of nitriles is 1. The van der Waals surface area contributed by atoms with Crippen LogP contribution in [0.4, 0.5) is 5.13 Å². The number of aromatic nitrogens is 2. The molecule has 0 spiro atoms. The number of ether oxygens (including phenoxy) is 3. The Labute approximate surface area is 213 Å². The lowest BCUT2D eigenvalue weighted by Crippen LogP contribution is -2.13. The highest BCUT2D eigenvalue weighted by atomic mass is 32.2. The van der Waals surface area contributed by atoms with Gasteiger partial charge < -0.3 is 14.2 Å². The highest BCUT2D eigenvalue weighted by Crippen LogP contribution is 2.29. The quantitative estimate of drug-likeness (QED) is 0.181. The van der Waals surface area contributed by atoms with E-state index in [1.807, 2.05) is 38.1 Å². The van der Waals surface area contributed by atoms with Gasteiger partial charge in [-0.3, -0.25) is 10.1 Å². The lowest BCUT2D eigenvalue weighted by Gasteiger charge is -2.13. The van der Waals surface area contributed by atoms with Gasteiger partial charge in [0.05, 0.1) is 7.11 Å². The molecule has 0 aliphatic rings. The highest BCUT2D eigenvalue weighted by Gasteiger charge is 2.17. The summed E-state index contributed by atoms with van der Waals surface area (Å²) in [6.07, 6.45) is 2.35. The third kappa shape index (κ3) is 7.03. The molecule has 0 atom stereocenters. The van der Waals surface area contributed by atoms with E-state index in [2.05, 4.69) is 15.5 Å². The molecule has 0 saturated heterocycles. The number of nitrogens with one attached hydrogen (secondary N) is 1. The Morgan fingerprint density at radius 2 is 1.83 bits per heavy atom. The third-order valence-electron chi connectivity index (χ3n) is 4.90. The van der Waals surface area contributed by atoms with Crippen molar-refractivity contribution in [3.05, 3.63) is 58.7 Å². The van der Waals surface area contributed by atoms with E-state index in [4.69, 9.17) is 14.2 Å². The first kappa shape index (κ1) is 26.7. The van der Waals surface area contributed by atoms with Crippen molar-refractivity contribution in [3.63, 3.8) is 0 Å². The number of sulfone groups is 1. The van der Waals surface area contributed by atoms with Gasteiger partial charge in [-0.05, 0) is 60.9 Å². The molecule has 1 N–H and O–H groups in total. The Balaban J connectivity index is 1.64. The maximum Gasteiger partial charge on any atom is 0.268 e. The van der Waals surface area contributed by atoms with Gasteiger partial charge in [-0.25, -0.2) is 8.42 Å². The van der Waals surface area contributed by atoms with Crippen LogP contribution in [0.2, 0.25) is 0 Å². The van der Waals surface area contributed by atoms with E-state index in [0.717, 1.165) is 17.6 Å². The number of benzene rings is 2.